The van der Waals surface area contributed by atoms with Gasteiger partial charge in [0.1, 0.15) is 0 Å². The summed E-state index contributed by atoms with van der Waals surface area (Å²) in [6, 6.07) is 0. The lowest BCUT2D eigenvalue weighted by Gasteiger charge is -2.23. The van der Waals surface area contributed by atoms with Crippen molar-refractivity contribution in [1.82, 2.24) is 0 Å². The van der Waals surface area contributed by atoms with Crippen LogP contribution in [0.1, 0.15) is 13.3 Å². The number of hydrogen-bond acceptors (Lipinski definition) is 3. The average molecular weight is 223 g/mol. The fraction of sp³-hybridized carbons (Fsp3) is 1.00. The lowest BCUT2D eigenvalue weighted by molar-refractivity contribution is -0.169. The molecule has 0 amide bonds. The molecule has 0 aromatic heterocycles. The molecule has 1 saturated heterocycles. The molecule has 3 unspecified atom stereocenters. The predicted molar refractivity (Wildman–Crippen MR) is 42.4 cm³/mol. The molecule has 1 saturated carbocycles. The number of alkyl halides is 1. The first-order valence-corrected chi connectivity index (χ1v) is 4.43. The van der Waals surface area contributed by atoms with Gasteiger partial charge in [-0.05, 0) is 13.3 Å². The van der Waals surface area contributed by atoms with Crippen molar-refractivity contribution in [3.8, 4) is 0 Å². The highest BCUT2D eigenvalue weighted by atomic mass is 79.9. The first-order valence-electron chi connectivity index (χ1n) is 3.64. The van der Waals surface area contributed by atoms with Crippen molar-refractivity contribution in [3.05, 3.63) is 0 Å². The van der Waals surface area contributed by atoms with Crippen molar-refractivity contribution >= 4 is 15.9 Å². The highest BCUT2D eigenvalue weighted by Gasteiger charge is 2.79. The molecule has 2 fully saturated rings. The number of ether oxygens (including phenoxy) is 1. The van der Waals surface area contributed by atoms with E-state index in [1.807, 2.05) is 0 Å². The van der Waals surface area contributed by atoms with Gasteiger partial charge in [0.2, 0.25) is 0 Å². The van der Waals surface area contributed by atoms with Crippen molar-refractivity contribution in [1.29, 1.82) is 0 Å². The van der Waals surface area contributed by atoms with Gasteiger partial charge in [0.25, 0.3) is 0 Å². The van der Waals surface area contributed by atoms with E-state index >= 15 is 0 Å². The number of halogens is 1. The van der Waals surface area contributed by atoms with Gasteiger partial charge in [-0.2, -0.15) is 0 Å². The fourth-order valence-corrected chi connectivity index (χ4v) is 2.75. The van der Waals surface area contributed by atoms with Gasteiger partial charge in [0, 0.05) is 5.41 Å². The molecule has 1 heterocycles. The Morgan fingerprint density at radius 2 is 2.27 bits per heavy atom. The maximum atomic E-state index is 9.68. The molecular formula is C7H11BrO3. The average Bonchev–Trinajstić information content (AvgIpc) is 2.50. The van der Waals surface area contributed by atoms with Gasteiger partial charge in [-0.25, -0.2) is 0 Å². The van der Waals surface area contributed by atoms with E-state index in [0.717, 1.165) is 6.42 Å². The highest BCUT2D eigenvalue weighted by molar-refractivity contribution is 9.10. The Balaban J connectivity index is 2.29. The Labute approximate surface area is 73.5 Å². The van der Waals surface area contributed by atoms with Crippen LogP contribution in [0.4, 0.5) is 0 Å². The molecular weight excluding hydrogens is 212 g/mol. The van der Waals surface area contributed by atoms with Gasteiger partial charge in [-0.3, -0.25) is 0 Å². The van der Waals surface area contributed by atoms with Crippen LogP contribution in [0.5, 0.6) is 0 Å². The second-order valence-electron chi connectivity index (χ2n) is 3.69. The van der Waals surface area contributed by atoms with Crippen LogP contribution in [0, 0.1) is 5.41 Å². The molecule has 11 heavy (non-hydrogen) atoms. The number of aliphatic hydroxyl groups is 2. The number of aliphatic hydroxyl groups excluding tert-OH is 1. The summed E-state index contributed by atoms with van der Waals surface area (Å²) in [7, 11) is 0. The van der Waals surface area contributed by atoms with Crippen molar-refractivity contribution in [2.24, 2.45) is 5.41 Å². The molecule has 3 nitrogen and oxygen atoms in total. The van der Waals surface area contributed by atoms with Crippen molar-refractivity contribution in [3.63, 3.8) is 0 Å². The highest BCUT2D eigenvalue weighted by Crippen LogP contribution is 2.71. The minimum absolute atomic E-state index is 0.0778. The summed E-state index contributed by atoms with van der Waals surface area (Å²) < 4.78 is 4.75. The van der Waals surface area contributed by atoms with E-state index in [-0.39, 0.29) is 12.0 Å². The first kappa shape index (κ1) is 7.98. The third-order valence-corrected chi connectivity index (χ3v) is 4.82. The minimum Gasteiger partial charge on any atom is -0.396 e. The molecule has 0 radical (unpaired) electrons. The van der Waals surface area contributed by atoms with Crippen LogP contribution in [-0.4, -0.2) is 33.5 Å². The van der Waals surface area contributed by atoms with Crippen molar-refractivity contribution in [2.45, 2.75) is 23.5 Å². The number of hydrogen-bond donors (Lipinski definition) is 2. The Morgan fingerprint density at radius 3 is 2.45 bits per heavy atom. The first-order chi connectivity index (χ1) is 4.97. The van der Waals surface area contributed by atoms with E-state index in [2.05, 4.69) is 15.9 Å². The fourth-order valence-electron chi connectivity index (χ4n) is 1.86. The van der Waals surface area contributed by atoms with E-state index in [1.165, 1.54) is 0 Å². The second kappa shape index (κ2) is 1.82. The van der Waals surface area contributed by atoms with Gasteiger partial charge in [-0.1, -0.05) is 15.9 Å². The Bertz CT molecular complexity index is 202. The molecule has 3 atom stereocenters. The summed E-state index contributed by atoms with van der Waals surface area (Å²) in [5.41, 5.74) is -0.226. The molecule has 4 heteroatoms. The number of rotatable bonds is 1. The van der Waals surface area contributed by atoms with Crippen LogP contribution < -0.4 is 0 Å². The summed E-state index contributed by atoms with van der Waals surface area (Å²) >= 11 is 3.42. The molecule has 0 bridgehead atoms. The molecule has 0 spiro atoms. The zero-order chi connectivity index (χ0) is 8.33. The maximum absolute atomic E-state index is 9.68. The van der Waals surface area contributed by atoms with E-state index < -0.39 is 10.1 Å². The minimum atomic E-state index is -1.12. The van der Waals surface area contributed by atoms with Crippen LogP contribution >= 0.6 is 15.9 Å². The lowest BCUT2D eigenvalue weighted by Crippen LogP contribution is -2.37. The van der Waals surface area contributed by atoms with Crippen LogP contribution in [-0.2, 0) is 4.74 Å². The molecule has 2 N–H and O–H groups in total. The summed E-state index contributed by atoms with van der Waals surface area (Å²) in [6.07, 6.45) is 0.795. The Hall–Kier alpha value is 0.360. The molecule has 1 aliphatic carbocycles. The lowest BCUT2D eigenvalue weighted by atomic mass is 10.1. The largest absolute Gasteiger partial charge is 0.396 e. The third kappa shape index (κ3) is 0.691. The zero-order valence-electron chi connectivity index (χ0n) is 6.30. The summed E-state index contributed by atoms with van der Waals surface area (Å²) in [4.78, 5) is 0. The summed E-state index contributed by atoms with van der Waals surface area (Å²) in [6.45, 7) is 2.16. The van der Waals surface area contributed by atoms with Crippen molar-refractivity contribution < 1.29 is 14.9 Å². The second-order valence-corrected chi connectivity index (χ2v) is 5.04. The SMILES string of the molecule is CC1(O)OCC2(CO)CC21Br. The monoisotopic (exact) mass is 222 g/mol. The normalized spacial score (nSPS) is 61.1. The smallest absolute Gasteiger partial charge is 0.178 e. The maximum Gasteiger partial charge on any atom is 0.178 e. The molecule has 0 aromatic rings. The quantitative estimate of drug-likeness (QED) is 0.626. The van der Waals surface area contributed by atoms with Crippen molar-refractivity contribution in [2.75, 3.05) is 13.2 Å². The molecule has 1 aliphatic heterocycles. The molecule has 64 valence electrons. The van der Waals surface area contributed by atoms with Gasteiger partial charge in [-0.15, -0.1) is 0 Å². The van der Waals surface area contributed by atoms with Crippen LogP contribution in [0.2, 0.25) is 0 Å². The molecule has 2 rings (SSSR count). The Morgan fingerprint density at radius 1 is 1.64 bits per heavy atom. The molecule has 2 aliphatic rings. The van der Waals surface area contributed by atoms with Crippen LogP contribution in [0.15, 0.2) is 0 Å². The van der Waals surface area contributed by atoms with Gasteiger partial charge in [0.15, 0.2) is 5.79 Å². The molecule has 0 aromatic carbocycles. The van der Waals surface area contributed by atoms with Crippen LogP contribution in [0.25, 0.3) is 0 Å². The van der Waals surface area contributed by atoms with E-state index in [0.29, 0.717) is 6.61 Å². The standard InChI is InChI=1S/C7H11BrO3/c1-5(10)7(8)2-6(7,3-9)4-11-5/h9-10H,2-4H2,1H3. The topological polar surface area (TPSA) is 49.7 Å². The predicted octanol–water partition coefficient (Wildman–Crippen LogP) is 0.241. The van der Waals surface area contributed by atoms with Gasteiger partial charge in [0.05, 0.1) is 17.5 Å². The summed E-state index contributed by atoms with van der Waals surface area (Å²) in [5, 5.41) is 18.7. The van der Waals surface area contributed by atoms with E-state index in [1.54, 1.807) is 6.92 Å². The zero-order valence-corrected chi connectivity index (χ0v) is 7.89. The Kier molecular flexibility index (Phi) is 1.32. The third-order valence-electron chi connectivity index (χ3n) is 2.97. The van der Waals surface area contributed by atoms with E-state index in [9.17, 15) is 5.11 Å². The van der Waals surface area contributed by atoms with Crippen LogP contribution in [0.3, 0.4) is 0 Å². The summed E-state index contributed by atoms with van der Waals surface area (Å²) in [5.74, 6) is -1.12. The van der Waals surface area contributed by atoms with Gasteiger partial charge < -0.3 is 14.9 Å². The number of fused-ring (bicyclic) bond motifs is 1. The van der Waals surface area contributed by atoms with Gasteiger partial charge >= 0.3 is 0 Å². The van der Waals surface area contributed by atoms with E-state index in [4.69, 9.17) is 9.84 Å².